The first kappa shape index (κ1) is 27.4. The molecule has 8 heteroatoms. The number of hydrogen-bond acceptors (Lipinski definition) is 8. The summed E-state index contributed by atoms with van der Waals surface area (Å²) in [7, 11) is 0. The highest BCUT2D eigenvalue weighted by atomic mass is 16.9. The van der Waals surface area contributed by atoms with Crippen molar-refractivity contribution in [2.24, 2.45) is 53.3 Å². The molecule has 0 aromatic rings. The first-order chi connectivity index (χ1) is 21.0. The molecule has 8 aliphatic carbocycles. The van der Waals surface area contributed by atoms with Crippen LogP contribution in [0.2, 0.25) is 0 Å². The van der Waals surface area contributed by atoms with E-state index in [1.54, 1.807) is 0 Å². The Kier molecular flexibility index (Phi) is 6.28. The Morgan fingerprint density at radius 1 is 0.744 bits per heavy atom. The smallest absolute Gasteiger partial charge is 0.310 e. The molecule has 238 valence electrons. The van der Waals surface area contributed by atoms with E-state index >= 15 is 0 Å². The second-order valence-corrected chi connectivity index (χ2v) is 16.9. The molecule has 0 aromatic heterocycles. The van der Waals surface area contributed by atoms with E-state index in [0.717, 1.165) is 43.3 Å². The first-order valence-corrected chi connectivity index (χ1v) is 18.2. The summed E-state index contributed by atoms with van der Waals surface area (Å²) in [6, 6.07) is 0. The van der Waals surface area contributed by atoms with Gasteiger partial charge >= 0.3 is 5.97 Å². The van der Waals surface area contributed by atoms with E-state index in [-0.39, 0.29) is 18.0 Å². The van der Waals surface area contributed by atoms with E-state index in [9.17, 15) is 4.79 Å². The van der Waals surface area contributed by atoms with E-state index in [1.807, 2.05) is 6.92 Å². The van der Waals surface area contributed by atoms with Crippen LogP contribution < -0.4 is 0 Å². The van der Waals surface area contributed by atoms with Gasteiger partial charge in [-0.15, -0.1) is 0 Å². The van der Waals surface area contributed by atoms with Crippen molar-refractivity contribution < 1.29 is 33.2 Å². The fraction of sp³-hybridized carbons (Fsp3) is 0.971. The molecule has 2 spiro atoms. The Hall–Kier alpha value is -0.770. The first-order valence-electron chi connectivity index (χ1n) is 18.2. The van der Waals surface area contributed by atoms with Crippen LogP contribution >= 0.6 is 0 Å². The maximum absolute atomic E-state index is 13.8. The largest absolute Gasteiger partial charge is 0.456 e. The Morgan fingerprint density at radius 3 is 1.93 bits per heavy atom. The van der Waals surface area contributed by atoms with Crippen molar-refractivity contribution >= 4 is 5.97 Å². The second-order valence-electron chi connectivity index (χ2n) is 16.9. The molecule has 8 bridgehead atoms. The Morgan fingerprint density at radius 2 is 1.33 bits per heavy atom. The maximum Gasteiger partial charge on any atom is 0.310 e. The molecular formula is C35H51NO7. The van der Waals surface area contributed by atoms with Crippen molar-refractivity contribution in [2.75, 3.05) is 26.2 Å². The van der Waals surface area contributed by atoms with Crippen LogP contribution in [-0.4, -0.2) is 79.4 Å². The van der Waals surface area contributed by atoms with Gasteiger partial charge in [-0.3, -0.25) is 4.79 Å². The van der Waals surface area contributed by atoms with Crippen LogP contribution in [0.4, 0.5) is 0 Å². The zero-order valence-corrected chi connectivity index (χ0v) is 25.9. The Labute approximate surface area is 256 Å². The zero-order valence-electron chi connectivity index (χ0n) is 25.9. The molecule has 6 atom stereocenters. The molecule has 4 aliphatic heterocycles. The van der Waals surface area contributed by atoms with Crippen molar-refractivity contribution in [3.05, 3.63) is 0 Å². The Bertz CT molecular complexity index is 1070. The summed E-state index contributed by atoms with van der Waals surface area (Å²) >= 11 is 0. The third-order valence-corrected chi connectivity index (χ3v) is 14.2. The van der Waals surface area contributed by atoms with E-state index in [2.05, 4.69) is 4.90 Å². The van der Waals surface area contributed by atoms with Crippen LogP contribution in [-0.2, 0) is 33.2 Å². The van der Waals surface area contributed by atoms with Crippen molar-refractivity contribution in [1.29, 1.82) is 0 Å². The van der Waals surface area contributed by atoms with Gasteiger partial charge in [0.2, 0.25) is 0 Å². The molecule has 4 heterocycles. The lowest BCUT2D eigenvalue weighted by Crippen LogP contribution is -2.60. The molecule has 12 fully saturated rings. The van der Waals surface area contributed by atoms with Gasteiger partial charge in [-0.2, -0.15) is 0 Å². The van der Waals surface area contributed by atoms with Crippen molar-refractivity contribution in [2.45, 2.75) is 133 Å². The molecule has 12 rings (SSSR count). The van der Waals surface area contributed by atoms with E-state index in [1.165, 1.54) is 83.5 Å². The van der Waals surface area contributed by atoms with Gasteiger partial charge in [-0.25, -0.2) is 0 Å². The van der Waals surface area contributed by atoms with Crippen LogP contribution in [0.1, 0.15) is 90.4 Å². The molecule has 0 radical (unpaired) electrons. The molecule has 8 saturated carbocycles. The fourth-order valence-corrected chi connectivity index (χ4v) is 12.8. The molecule has 43 heavy (non-hydrogen) atoms. The summed E-state index contributed by atoms with van der Waals surface area (Å²) in [5, 5.41) is 0. The van der Waals surface area contributed by atoms with Crippen LogP contribution in [0.5, 0.6) is 0 Å². The number of fused-ring (bicyclic) bond motifs is 1. The van der Waals surface area contributed by atoms with Crippen LogP contribution in [0.25, 0.3) is 0 Å². The summed E-state index contributed by atoms with van der Waals surface area (Å²) in [6.07, 6.45) is 14.0. The van der Waals surface area contributed by atoms with E-state index < -0.39 is 36.2 Å². The quantitative estimate of drug-likeness (QED) is 0.415. The highest BCUT2D eigenvalue weighted by Gasteiger charge is 2.70. The molecule has 0 aromatic carbocycles. The van der Waals surface area contributed by atoms with Gasteiger partial charge in [-0.05, 0) is 114 Å². The van der Waals surface area contributed by atoms with Crippen LogP contribution in [0, 0.1) is 53.3 Å². The SMILES string of the molecule is CC(CN1CCCCC1)C(=O)OC1C(C2COC3(O2)C2CC4CC(C2)CC3C4)OC2OC3(OC21)C1CC2CC(C1)CC3C2. The summed E-state index contributed by atoms with van der Waals surface area (Å²) in [6.45, 7) is 5.40. The number of nitrogens with zero attached hydrogens (tertiary/aromatic N) is 1. The van der Waals surface area contributed by atoms with Crippen molar-refractivity contribution in [3.8, 4) is 0 Å². The summed E-state index contributed by atoms with van der Waals surface area (Å²) < 4.78 is 41.1. The van der Waals surface area contributed by atoms with Crippen LogP contribution in [0.3, 0.4) is 0 Å². The predicted molar refractivity (Wildman–Crippen MR) is 154 cm³/mol. The standard InChI is InChI=1S/C35H51NO7/c1-19(17-36-5-3-2-4-6-36)32(37)39-30-29(28-18-38-34(41-28)24-9-20-7-21(11-24)12-25(34)10-20)40-33-31(30)42-35(43-33)26-13-22-8-23(15-26)16-27(35)14-22/h19-31,33H,2-18H2,1H3. The van der Waals surface area contributed by atoms with Gasteiger partial charge in [0.05, 0.1) is 12.5 Å². The number of carbonyl (C=O) groups excluding carboxylic acids is 1. The third kappa shape index (κ3) is 4.11. The van der Waals surface area contributed by atoms with E-state index in [0.29, 0.717) is 30.3 Å². The molecule has 4 saturated heterocycles. The van der Waals surface area contributed by atoms with Crippen molar-refractivity contribution in [1.82, 2.24) is 4.90 Å². The number of rotatable bonds is 5. The molecular weight excluding hydrogens is 546 g/mol. The lowest BCUT2D eigenvalue weighted by molar-refractivity contribution is -0.332. The minimum Gasteiger partial charge on any atom is -0.456 e. The van der Waals surface area contributed by atoms with Gasteiger partial charge in [0, 0.05) is 30.2 Å². The van der Waals surface area contributed by atoms with Gasteiger partial charge in [0.1, 0.15) is 12.2 Å². The number of esters is 1. The van der Waals surface area contributed by atoms with Crippen molar-refractivity contribution in [3.63, 3.8) is 0 Å². The fourth-order valence-electron chi connectivity index (χ4n) is 12.8. The molecule has 6 unspecified atom stereocenters. The minimum atomic E-state index is -0.576. The molecule has 12 aliphatic rings. The molecule has 0 amide bonds. The normalized spacial score (nSPS) is 56.8. The highest BCUT2D eigenvalue weighted by Crippen LogP contribution is 2.65. The number of piperidine rings is 1. The molecule has 8 nitrogen and oxygen atoms in total. The summed E-state index contributed by atoms with van der Waals surface area (Å²) in [4.78, 5) is 16.2. The lowest BCUT2D eigenvalue weighted by atomic mass is 9.53. The number of ether oxygens (including phenoxy) is 6. The summed E-state index contributed by atoms with van der Waals surface area (Å²) in [5.74, 6) is 3.71. The Balaban J connectivity index is 0.904. The average Bonchev–Trinajstić information content (AvgIpc) is 3.68. The monoisotopic (exact) mass is 597 g/mol. The highest BCUT2D eigenvalue weighted by molar-refractivity contribution is 5.72. The number of hydrogen-bond donors (Lipinski definition) is 0. The topological polar surface area (TPSA) is 75.7 Å². The summed E-state index contributed by atoms with van der Waals surface area (Å²) in [5.41, 5.74) is 0. The number of carbonyl (C=O) groups is 1. The molecule has 0 N–H and O–H groups in total. The van der Waals surface area contributed by atoms with Gasteiger partial charge in [0.15, 0.2) is 30.1 Å². The van der Waals surface area contributed by atoms with Crippen LogP contribution in [0.15, 0.2) is 0 Å². The van der Waals surface area contributed by atoms with Gasteiger partial charge in [-0.1, -0.05) is 13.3 Å². The predicted octanol–water partition coefficient (Wildman–Crippen LogP) is 4.88. The van der Waals surface area contributed by atoms with E-state index in [4.69, 9.17) is 28.4 Å². The maximum atomic E-state index is 13.8. The van der Waals surface area contributed by atoms with Gasteiger partial charge < -0.3 is 33.3 Å². The third-order valence-electron chi connectivity index (χ3n) is 14.2. The number of likely N-dealkylation sites (tertiary alicyclic amines) is 1. The lowest BCUT2D eigenvalue weighted by Gasteiger charge is -2.58. The average molecular weight is 598 g/mol. The zero-order chi connectivity index (χ0) is 28.5. The second kappa shape index (κ2) is 9.87. The minimum absolute atomic E-state index is 0.150. The van der Waals surface area contributed by atoms with Gasteiger partial charge in [0.25, 0.3) is 0 Å².